The molecular formula is C15H22O2. The molecule has 0 radical (unpaired) electrons. The maximum absolute atomic E-state index is 11.8. The Morgan fingerprint density at radius 2 is 2.06 bits per heavy atom. The van der Waals surface area contributed by atoms with Crippen molar-refractivity contribution in [1.82, 2.24) is 0 Å². The van der Waals surface area contributed by atoms with Gasteiger partial charge in [-0.2, -0.15) is 0 Å². The molecule has 1 fully saturated rings. The Hall–Kier alpha value is -0.890. The first-order valence-electron chi connectivity index (χ1n) is 6.41. The van der Waals surface area contributed by atoms with E-state index in [0.717, 1.165) is 24.8 Å². The van der Waals surface area contributed by atoms with Gasteiger partial charge in [-0.1, -0.05) is 26.0 Å². The Balaban J connectivity index is 2.21. The molecule has 17 heavy (non-hydrogen) atoms. The van der Waals surface area contributed by atoms with Crippen LogP contribution in [0.25, 0.3) is 0 Å². The van der Waals surface area contributed by atoms with E-state index in [-0.39, 0.29) is 16.8 Å². The second-order valence-electron chi connectivity index (χ2n) is 6.24. The van der Waals surface area contributed by atoms with E-state index in [1.54, 1.807) is 6.08 Å². The zero-order valence-electron chi connectivity index (χ0n) is 11.2. The molecule has 2 nitrogen and oxygen atoms in total. The molecular weight excluding hydrogens is 212 g/mol. The van der Waals surface area contributed by atoms with Crippen LogP contribution in [0, 0.1) is 5.41 Å². The second-order valence-corrected chi connectivity index (χ2v) is 6.24. The molecule has 0 amide bonds. The molecule has 2 heteroatoms. The normalized spacial score (nSPS) is 41.8. The zero-order valence-corrected chi connectivity index (χ0v) is 11.2. The standard InChI is InChI=1S/C15H22O2/c1-11-6-5-8-15(4)13(17-15)10-14(2,3)9-7-12(11)16/h6-7,9,13H,5,8,10H2,1-4H3/b9-7+,11-6+. The molecule has 0 bridgehead atoms. The maximum atomic E-state index is 11.8. The van der Waals surface area contributed by atoms with E-state index in [9.17, 15) is 4.79 Å². The number of fused-ring (bicyclic) bond motifs is 1. The Bertz CT molecular complexity index is 390. The molecule has 2 rings (SSSR count). The van der Waals surface area contributed by atoms with Crippen LogP contribution in [0.5, 0.6) is 0 Å². The summed E-state index contributed by atoms with van der Waals surface area (Å²) in [6.45, 7) is 8.40. The van der Waals surface area contributed by atoms with E-state index in [2.05, 4.69) is 20.8 Å². The van der Waals surface area contributed by atoms with Gasteiger partial charge in [0, 0.05) is 0 Å². The molecule has 0 aromatic rings. The summed E-state index contributed by atoms with van der Waals surface area (Å²) in [5, 5.41) is 0. The van der Waals surface area contributed by atoms with Gasteiger partial charge < -0.3 is 4.74 Å². The lowest BCUT2D eigenvalue weighted by atomic mass is 9.84. The number of carbonyl (C=O) groups excluding carboxylic acids is 1. The van der Waals surface area contributed by atoms with E-state index in [1.165, 1.54) is 0 Å². The number of ketones is 1. The van der Waals surface area contributed by atoms with Gasteiger partial charge in [-0.15, -0.1) is 0 Å². The van der Waals surface area contributed by atoms with Crippen LogP contribution in [-0.2, 0) is 9.53 Å². The van der Waals surface area contributed by atoms with E-state index < -0.39 is 0 Å². The SMILES string of the molecule is C/C1=C\CCC2(C)OC2CC(C)(C)/C=C/C1=O. The highest BCUT2D eigenvalue weighted by atomic mass is 16.6. The van der Waals surface area contributed by atoms with Crippen molar-refractivity contribution < 1.29 is 9.53 Å². The molecule has 94 valence electrons. The lowest BCUT2D eigenvalue weighted by molar-refractivity contribution is -0.111. The third-order valence-electron chi connectivity index (χ3n) is 3.91. The summed E-state index contributed by atoms with van der Waals surface area (Å²) < 4.78 is 5.83. The second kappa shape index (κ2) is 4.09. The molecule has 1 saturated heterocycles. The van der Waals surface area contributed by atoms with E-state index in [1.807, 2.05) is 19.1 Å². The smallest absolute Gasteiger partial charge is 0.180 e. The molecule has 2 unspecified atom stereocenters. The Labute approximate surface area is 104 Å². The summed E-state index contributed by atoms with van der Waals surface area (Å²) >= 11 is 0. The molecule has 1 aliphatic carbocycles. The van der Waals surface area contributed by atoms with Crippen LogP contribution in [0.3, 0.4) is 0 Å². The molecule has 0 spiro atoms. The minimum absolute atomic E-state index is 0.0305. The first-order chi connectivity index (χ1) is 7.82. The van der Waals surface area contributed by atoms with Crippen molar-refractivity contribution in [2.24, 2.45) is 5.41 Å². The van der Waals surface area contributed by atoms with Gasteiger partial charge in [0.2, 0.25) is 0 Å². The van der Waals surface area contributed by atoms with Crippen molar-refractivity contribution >= 4 is 5.78 Å². The topological polar surface area (TPSA) is 29.6 Å². The summed E-state index contributed by atoms with van der Waals surface area (Å²) in [4.78, 5) is 11.8. The van der Waals surface area contributed by atoms with Gasteiger partial charge in [0.25, 0.3) is 0 Å². The van der Waals surface area contributed by atoms with Gasteiger partial charge in [0.1, 0.15) is 0 Å². The number of carbonyl (C=O) groups is 1. The van der Waals surface area contributed by atoms with E-state index >= 15 is 0 Å². The van der Waals surface area contributed by atoms with Gasteiger partial charge in [-0.25, -0.2) is 0 Å². The minimum Gasteiger partial charge on any atom is -0.366 e. The van der Waals surface area contributed by atoms with Crippen LogP contribution in [0.4, 0.5) is 0 Å². The lowest BCUT2D eigenvalue weighted by Crippen LogP contribution is -2.17. The zero-order chi connectivity index (χ0) is 12.7. The predicted octanol–water partition coefficient (Wildman–Crippen LogP) is 3.43. The third-order valence-corrected chi connectivity index (χ3v) is 3.91. The summed E-state index contributed by atoms with van der Waals surface area (Å²) in [7, 11) is 0. The highest BCUT2D eigenvalue weighted by Gasteiger charge is 2.52. The van der Waals surface area contributed by atoms with Crippen LogP contribution in [-0.4, -0.2) is 17.5 Å². The van der Waals surface area contributed by atoms with Crippen molar-refractivity contribution in [3.8, 4) is 0 Å². The van der Waals surface area contributed by atoms with Crippen LogP contribution < -0.4 is 0 Å². The van der Waals surface area contributed by atoms with Crippen molar-refractivity contribution in [3.05, 3.63) is 23.8 Å². The first kappa shape index (κ1) is 12.6. The quantitative estimate of drug-likeness (QED) is 0.601. The first-order valence-corrected chi connectivity index (χ1v) is 6.41. The fourth-order valence-corrected chi connectivity index (χ4v) is 2.42. The van der Waals surface area contributed by atoms with Crippen molar-refractivity contribution in [2.45, 2.75) is 58.7 Å². The number of ether oxygens (including phenoxy) is 1. The summed E-state index contributed by atoms with van der Waals surface area (Å²) in [6, 6.07) is 0. The van der Waals surface area contributed by atoms with Gasteiger partial charge in [-0.3, -0.25) is 4.79 Å². The minimum atomic E-state index is 0.0305. The molecule has 0 aromatic heterocycles. The number of rotatable bonds is 0. The van der Waals surface area contributed by atoms with Gasteiger partial charge in [0.05, 0.1) is 11.7 Å². The van der Waals surface area contributed by atoms with Crippen molar-refractivity contribution in [3.63, 3.8) is 0 Å². The number of hydrogen-bond donors (Lipinski definition) is 0. The monoisotopic (exact) mass is 234 g/mol. The molecule has 2 atom stereocenters. The third kappa shape index (κ3) is 2.86. The van der Waals surface area contributed by atoms with E-state index in [4.69, 9.17) is 4.74 Å². The van der Waals surface area contributed by atoms with Crippen LogP contribution >= 0.6 is 0 Å². The summed E-state index contributed by atoms with van der Waals surface area (Å²) in [5.41, 5.74) is 0.914. The fourth-order valence-electron chi connectivity index (χ4n) is 2.42. The Morgan fingerprint density at radius 3 is 2.76 bits per heavy atom. The largest absolute Gasteiger partial charge is 0.366 e. The predicted molar refractivity (Wildman–Crippen MR) is 68.8 cm³/mol. The van der Waals surface area contributed by atoms with Crippen molar-refractivity contribution in [2.75, 3.05) is 0 Å². The van der Waals surface area contributed by atoms with Gasteiger partial charge >= 0.3 is 0 Å². The number of epoxide rings is 1. The average molecular weight is 234 g/mol. The van der Waals surface area contributed by atoms with Crippen molar-refractivity contribution in [1.29, 1.82) is 0 Å². The molecule has 0 N–H and O–H groups in total. The summed E-state index contributed by atoms with van der Waals surface area (Å²) in [5.74, 6) is 0.139. The average Bonchev–Trinajstić information content (AvgIpc) is 2.83. The molecule has 1 aliphatic heterocycles. The Kier molecular flexibility index (Phi) is 3.03. The highest BCUT2D eigenvalue weighted by molar-refractivity contribution is 6.03. The Morgan fingerprint density at radius 1 is 1.35 bits per heavy atom. The molecule has 0 aromatic carbocycles. The number of hydrogen-bond acceptors (Lipinski definition) is 2. The van der Waals surface area contributed by atoms with Gasteiger partial charge in [0.15, 0.2) is 5.78 Å². The van der Waals surface area contributed by atoms with Crippen LogP contribution in [0.2, 0.25) is 0 Å². The van der Waals surface area contributed by atoms with Gasteiger partial charge in [-0.05, 0) is 50.2 Å². The molecule has 0 saturated carbocycles. The highest BCUT2D eigenvalue weighted by Crippen LogP contribution is 2.46. The van der Waals surface area contributed by atoms with Crippen LogP contribution in [0.15, 0.2) is 23.8 Å². The fraction of sp³-hybridized carbons (Fsp3) is 0.667. The van der Waals surface area contributed by atoms with E-state index in [0.29, 0.717) is 6.10 Å². The summed E-state index contributed by atoms with van der Waals surface area (Å²) in [6.07, 6.45) is 9.07. The molecule has 1 heterocycles. The molecule has 2 aliphatic rings. The lowest BCUT2D eigenvalue weighted by Gasteiger charge is -2.19. The maximum Gasteiger partial charge on any atom is 0.180 e. The number of allylic oxidation sites excluding steroid dienone is 4. The van der Waals surface area contributed by atoms with Crippen LogP contribution in [0.1, 0.15) is 47.0 Å².